The van der Waals surface area contributed by atoms with Gasteiger partial charge in [-0.15, -0.1) is 0 Å². The molecule has 1 unspecified atom stereocenters. The fraction of sp³-hybridized carbons (Fsp3) is 0.200. The summed E-state index contributed by atoms with van der Waals surface area (Å²) in [5.74, 6) is -1.74. The van der Waals surface area contributed by atoms with E-state index in [0.717, 1.165) is 12.1 Å². The van der Waals surface area contributed by atoms with Crippen LogP contribution in [0.5, 0.6) is 0 Å². The minimum Gasteiger partial charge on any atom is -0.628 e. The Morgan fingerprint density at radius 2 is 2.00 bits per heavy atom. The van der Waals surface area contributed by atoms with Crippen LogP contribution in [-0.4, -0.2) is 34.0 Å². The summed E-state index contributed by atoms with van der Waals surface area (Å²) in [6.07, 6.45) is 2.60. The molecule has 2 aromatic carbocycles. The maximum Gasteiger partial charge on any atom is 0.137 e. The smallest absolute Gasteiger partial charge is 0.137 e. The van der Waals surface area contributed by atoms with Gasteiger partial charge in [0.25, 0.3) is 0 Å². The van der Waals surface area contributed by atoms with Gasteiger partial charge in [-0.05, 0) is 23.8 Å². The number of hydrogen-bond acceptors (Lipinski definition) is 4. The summed E-state index contributed by atoms with van der Waals surface area (Å²) in [6.45, 7) is 3.68. The van der Waals surface area contributed by atoms with Crippen LogP contribution in [0.25, 0.3) is 5.57 Å². The van der Waals surface area contributed by atoms with E-state index in [-0.39, 0.29) is 28.3 Å². The van der Waals surface area contributed by atoms with Gasteiger partial charge >= 0.3 is 0 Å². The molecular weight excluding hydrogens is 402 g/mol. The van der Waals surface area contributed by atoms with E-state index < -0.39 is 21.9 Å². The number of hydrogen-bond donors (Lipinski definition) is 1. The Morgan fingerprint density at radius 1 is 1.28 bits per heavy atom. The molecule has 1 heterocycles. The van der Waals surface area contributed by atoms with E-state index in [0.29, 0.717) is 11.8 Å². The van der Waals surface area contributed by atoms with Crippen LogP contribution in [0.4, 0.5) is 14.5 Å². The minimum atomic E-state index is -2.05. The summed E-state index contributed by atoms with van der Waals surface area (Å²) in [6, 6.07) is 7.40. The fourth-order valence-electron chi connectivity index (χ4n) is 3.02. The maximum atomic E-state index is 14.6. The van der Waals surface area contributed by atoms with E-state index in [1.807, 2.05) is 0 Å². The van der Waals surface area contributed by atoms with Gasteiger partial charge in [0.15, 0.2) is 0 Å². The van der Waals surface area contributed by atoms with Crippen molar-refractivity contribution in [1.82, 2.24) is 19.4 Å². The van der Waals surface area contributed by atoms with Gasteiger partial charge in [0.1, 0.15) is 35.6 Å². The second-order valence-electron chi connectivity index (χ2n) is 7.07. The van der Waals surface area contributed by atoms with E-state index in [4.69, 9.17) is 11.6 Å². The van der Waals surface area contributed by atoms with Crippen molar-refractivity contribution in [2.75, 3.05) is 14.1 Å². The molecule has 0 amide bonds. The number of benzene rings is 2. The predicted molar refractivity (Wildman–Crippen MR) is 108 cm³/mol. The van der Waals surface area contributed by atoms with Crippen molar-refractivity contribution in [1.29, 1.82) is 0 Å². The molecular formula is C20H19ClF2N4O2. The van der Waals surface area contributed by atoms with Crippen molar-refractivity contribution in [3.63, 3.8) is 0 Å². The first-order valence-corrected chi connectivity index (χ1v) is 8.95. The first-order valence-electron chi connectivity index (χ1n) is 8.57. The molecule has 1 aromatic heterocycles. The van der Waals surface area contributed by atoms with Gasteiger partial charge < -0.3 is 15.0 Å². The molecule has 1 N–H and O–H groups in total. The molecule has 0 aliphatic carbocycles. The van der Waals surface area contributed by atoms with Gasteiger partial charge in [-0.2, -0.15) is 5.10 Å². The lowest BCUT2D eigenvalue weighted by atomic mass is 9.82. The number of nitrogens with zero attached hydrogens (tertiary/aromatic N) is 4. The number of aromatic nitrogens is 3. The number of quaternary nitrogens is 1. The first-order chi connectivity index (χ1) is 13.5. The predicted octanol–water partition coefficient (Wildman–Crippen LogP) is 3.88. The van der Waals surface area contributed by atoms with Crippen LogP contribution in [0.15, 0.2) is 55.6 Å². The zero-order valence-corrected chi connectivity index (χ0v) is 16.6. The number of aliphatic hydroxyl groups is 1. The Morgan fingerprint density at radius 3 is 2.59 bits per heavy atom. The van der Waals surface area contributed by atoms with Gasteiger partial charge in [0.2, 0.25) is 0 Å². The Kier molecular flexibility index (Phi) is 5.55. The molecule has 0 aliphatic rings. The molecule has 29 heavy (non-hydrogen) atoms. The average Bonchev–Trinajstić information content (AvgIpc) is 3.13. The van der Waals surface area contributed by atoms with Crippen molar-refractivity contribution in [2.45, 2.75) is 12.1 Å². The van der Waals surface area contributed by atoms with Crippen molar-refractivity contribution in [3.05, 3.63) is 88.6 Å². The van der Waals surface area contributed by atoms with Crippen LogP contribution >= 0.6 is 11.6 Å². The van der Waals surface area contributed by atoms with E-state index >= 15 is 0 Å². The van der Waals surface area contributed by atoms with Crippen LogP contribution in [0.3, 0.4) is 0 Å². The zero-order chi connectivity index (χ0) is 21.4. The molecule has 3 aromatic rings. The van der Waals surface area contributed by atoms with Gasteiger partial charge in [0, 0.05) is 34.3 Å². The lowest BCUT2D eigenvalue weighted by Crippen LogP contribution is -2.35. The van der Waals surface area contributed by atoms with E-state index in [1.165, 1.54) is 43.6 Å². The molecule has 0 saturated heterocycles. The quantitative estimate of drug-likeness (QED) is 0.485. The molecule has 0 fully saturated rings. The van der Waals surface area contributed by atoms with Gasteiger partial charge in [-0.3, -0.25) is 0 Å². The molecule has 0 radical (unpaired) electrons. The molecule has 152 valence electrons. The number of rotatable bonds is 6. The van der Waals surface area contributed by atoms with Crippen molar-refractivity contribution >= 4 is 22.9 Å². The zero-order valence-electron chi connectivity index (χ0n) is 15.8. The first kappa shape index (κ1) is 21.1. The molecule has 0 bridgehead atoms. The SMILES string of the molecule is C=C(c1cc([N+](C)(C)[O-])ccc1Cl)C(O)(Cn1cncn1)c1ccc(F)cc1F. The van der Waals surface area contributed by atoms with Crippen molar-refractivity contribution in [2.24, 2.45) is 0 Å². The lowest BCUT2D eigenvalue weighted by Gasteiger charge is -2.35. The monoisotopic (exact) mass is 420 g/mol. The second-order valence-corrected chi connectivity index (χ2v) is 7.48. The summed E-state index contributed by atoms with van der Waals surface area (Å²) < 4.78 is 28.6. The highest BCUT2D eigenvalue weighted by Gasteiger charge is 2.38. The summed E-state index contributed by atoms with van der Waals surface area (Å²) in [4.78, 5) is 3.82. The summed E-state index contributed by atoms with van der Waals surface area (Å²) in [7, 11) is 2.86. The van der Waals surface area contributed by atoms with Crippen molar-refractivity contribution in [3.8, 4) is 0 Å². The lowest BCUT2D eigenvalue weighted by molar-refractivity contribution is 0.0726. The second kappa shape index (κ2) is 7.64. The van der Waals surface area contributed by atoms with Gasteiger partial charge in [-0.1, -0.05) is 18.2 Å². The van der Waals surface area contributed by atoms with Crippen LogP contribution in [0.1, 0.15) is 11.1 Å². The average molecular weight is 421 g/mol. The van der Waals surface area contributed by atoms with E-state index in [2.05, 4.69) is 16.7 Å². The van der Waals surface area contributed by atoms with Crippen molar-refractivity contribution < 1.29 is 13.9 Å². The summed E-state index contributed by atoms with van der Waals surface area (Å²) in [5, 5.41) is 28.1. The summed E-state index contributed by atoms with van der Waals surface area (Å²) in [5.41, 5.74) is -1.62. The van der Waals surface area contributed by atoms with Crippen LogP contribution in [0, 0.1) is 16.8 Å². The largest absolute Gasteiger partial charge is 0.628 e. The molecule has 3 rings (SSSR count). The maximum absolute atomic E-state index is 14.6. The normalized spacial score (nSPS) is 13.9. The highest BCUT2D eigenvalue weighted by molar-refractivity contribution is 6.32. The van der Waals surface area contributed by atoms with Gasteiger partial charge in [0.05, 0.1) is 20.6 Å². The third-order valence-electron chi connectivity index (χ3n) is 4.63. The Balaban J connectivity index is 2.18. The van der Waals surface area contributed by atoms with E-state index in [1.54, 1.807) is 6.07 Å². The highest BCUT2D eigenvalue weighted by atomic mass is 35.5. The molecule has 1 atom stereocenters. The molecule has 9 heteroatoms. The Labute approximate surface area is 171 Å². The fourth-order valence-corrected chi connectivity index (χ4v) is 3.25. The van der Waals surface area contributed by atoms with Crippen LogP contribution < -0.4 is 4.65 Å². The summed E-state index contributed by atoms with van der Waals surface area (Å²) >= 11 is 6.31. The minimum absolute atomic E-state index is 0.0267. The number of hydroxylamine groups is 2. The third-order valence-corrected chi connectivity index (χ3v) is 4.96. The topological polar surface area (TPSA) is 74.0 Å². The van der Waals surface area contributed by atoms with Gasteiger partial charge in [-0.25, -0.2) is 18.4 Å². The molecule has 0 spiro atoms. The van der Waals surface area contributed by atoms with Crippen LogP contribution in [0.2, 0.25) is 5.02 Å². The highest BCUT2D eigenvalue weighted by Crippen LogP contribution is 2.41. The number of halogens is 3. The standard InChI is InChI=1S/C20H19ClF2N4O2/c1-13(16-9-15(27(2,3)29)5-7-18(16)21)20(28,10-26-12-24-11-25-26)17-6-4-14(22)8-19(17)23/h4-9,11-12,28H,1,10H2,2-3H3. The molecule has 0 aliphatic heterocycles. The van der Waals surface area contributed by atoms with E-state index in [9.17, 15) is 19.1 Å². The third kappa shape index (κ3) is 4.20. The van der Waals surface area contributed by atoms with Crippen LogP contribution in [-0.2, 0) is 12.1 Å². The Hall–Kier alpha value is -2.65. The molecule has 6 nitrogen and oxygen atoms in total. The Bertz CT molecular complexity index is 1050. The molecule has 0 saturated carbocycles.